The van der Waals surface area contributed by atoms with E-state index in [9.17, 15) is 4.79 Å². The number of benzene rings is 1. The number of carbonyl (C=O) groups is 1. The van der Waals surface area contributed by atoms with Crippen LogP contribution < -0.4 is 5.32 Å². The first-order chi connectivity index (χ1) is 9.04. The van der Waals surface area contributed by atoms with Crippen LogP contribution in [0.15, 0.2) is 18.2 Å². The molecule has 19 heavy (non-hydrogen) atoms. The van der Waals surface area contributed by atoms with Gasteiger partial charge in [-0.2, -0.15) is 0 Å². The zero-order valence-corrected chi connectivity index (χ0v) is 12.5. The van der Waals surface area contributed by atoms with E-state index in [1.54, 1.807) is 6.92 Å². The largest absolute Gasteiger partial charge is 0.352 e. The number of carbonyl (C=O) groups excluding carboxylic acids is 1. The van der Waals surface area contributed by atoms with Gasteiger partial charge in [0.1, 0.15) is 0 Å². The number of nitrogens with zero attached hydrogens (tertiary/aromatic N) is 1. The van der Waals surface area contributed by atoms with Crippen molar-refractivity contribution in [3.8, 4) is 0 Å². The third-order valence-electron chi connectivity index (χ3n) is 3.30. The number of rotatable bonds is 3. The molecule has 1 unspecified atom stereocenters. The average Bonchev–Trinajstić information content (AvgIpc) is 2.33. The molecular weight excluding hydrogens is 283 g/mol. The molecule has 1 fully saturated rings. The number of piperidine rings is 1. The summed E-state index contributed by atoms with van der Waals surface area (Å²) < 4.78 is 0. The van der Waals surface area contributed by atoms with Crippen LogP contribution in [0.2, 0.25) is 10.0 Å². The molecule has 1 saturated heterocycles. The lowest BCUT2D eigenvalue weighted by molar-refractivity contribution is -0.120. The van der Waals surface area contributed by atoms with Gasteiger partial charge in [0.2, 0.25) is 5.91 Å². The molecule has 1 aliphatic heterocycles. The lowest BCUT2D eigenvalue weighted by Gasteiger charge is -2.33. The fourth-order valence-corrected chi connectivity index (χ4v) is 2.82. The summed E-state index contributed by atoms with van der Waals surface area (Å²) in [6.45, 7) is 4.35. The highest BCUT2D eigenvalue weighted by molar-refractivity contribution is 6.42. The topological polar surface area (TPSA) is 32.3 Å². The minimum absolute atomic E-state index is 0.0430. The Kier molecular flexibility index (Phi) is 5.08. The second kappa shape index (κ2) is 6.60. The Bertz CT molecular complexity index is 465. The van der Waals surface area contributed by atoms with Crippen LogP contribution in [0, 0.1) is 0 Å². The highest BCUT2D eigenvalue weighted by Gasteiger charge is 2.20. The van der Waals surface area contributed by atoms with Gasteiger partial charge in [-0.1, -0.05) is 29.3 Å². The molecule has 5 heteroatoms. The number of amides is 1. The third kappa shape index (κ3) is 4.37. The standard InChI is InChI=1S/C14H18Cl2N2O/c1-10(19)17-12-3-2-6-18(9-12)8-11-4-5-13(15)14(16)7-11/h4-5,7,12H,2-3,6,8-9H2,1H3,(H,17,19). The normalized spacial score (nSPS) is 20.3. The molecule has 0 bridgehead atoms. The summed E-state index contributed by atoms with van der Waals surface area (Å²) in [6, 6.07) is 5.99. The second-order valence-corrected chi connectivity index (χ2v) is 5.84. The zero-order valence-electron chi connectivity index (χ0n) is 11.0. The quantitative estimate of drug-likeness (QED) is 0.930. The van der Waals surface area contributed by atoms with Gasteiger partial charge in [0, 0.05) is 26.1 Å². The van der Waals surface area contributed by atoms with Crippen LogP contribution in [0.1, 0.15) is 25.3 Å². The Morgan fingerprint density at radius 2 is 2.21 bits per heavy atom. The fraction of sp³-hybridized carbons (Fsp3) is 0.500. The van der Waals surface area contributed by atoms with E-state index in [2.05, 4.69) is 10.2 Å². The van der Waals surface area contributed by atoms with Gasteiger partial charge in [-0.15, -0.1) is 0 Å². The van der Waals surface area contributed by atoms with Crippen molar-refractivity contribution in [1.29, 1.82) is 0 Å². The van der Waals surface area contributed by atoms with Gasteiger partial charge in [0.15, 0.2) is 0 Å². The maximum atomic E-state index is 11.1. The van der Waals surface area contributed by atoms with E-state index < -0.39 is 0 Å². The number of hydrogen-bond acceptors (Lipinski definition) is 2. The van der Waals surface area contributed by atoms with Gasteiger partial charge in [0.25, 0.3) is 0 Å². The van der Waals surface area contributed by atoms with Crippen LogP contribution in [0.4, 0.5) is 0 Å². The van der Waals surface area contributed by atoms with Crippen LogP contribution in [0.5, 0.6) is 0 Å². The van der Waals surface area contributed by atoms with Crippen molar-refractivity contribution in [1.82, 2.24) is 10.2 Å². The maximum Gasteiger partial charge on any atom is 0.217 e. The smallest absolute Gasteiger partial charge is 0.217 e. The maximum absolute atomic E-state index is 11.1. The van der Waals surface area contributed by atoms with Crippen molar-refractivity contribution < 1.29 is 4.79 Å². The van der Waals surface area contributed by atoms with Gasteiger partial charge in [-0.3, -0.25) is 9.69 Å². The molecule has 1 amide bonds. The first kappa shape index (κ1) is 14.6. The average molecular weight is 301 g/mol. The fourth-order valence-electron chi connectivity index (χ4n) is 2.50. The number of nitrogens with one attached hydrogen (secondary N) is 1. The summed E-state index contributed by atoms with van der Waals surface area (Å²) >= 11 is 11.9. The van der Waals surface area contributed by atoms with E-state index >= 15 is 0 Å². The van der Waals surface area contributed by atoms with Gasteiger partial charge in [-0.25, -0.2) is 0 Å². The van der Waals surface area contributed by atoms with Gasteiger partial charge < -0.3 is 5.32 Å². The second-order valence-electron chi connectivity index (χ2n) is 5.02. The lowest BCUT2D eigenvalue weighted by atomic mass is 10.0. The molecule has 104 valence electrons. The molecule has 1 aromatic rings. The predicted molar refractivity (Wildman–Crippen MR) is 78.6 cm³/mol. The summed E-state index contributed by atoms with van der Waals surface area (Å²) in [5, 5.41) is 4.17. The molecule has 1 heterocycles. The number of likely N-dealkylation sites (tertiary alicyclic amines) is 1. The third-order valence-corrected chi connectivity index (χ3v) is 4.04. The Labute approximate surface area is 123 Å². The van der Waals surface area contributed by atoms with Crippen LogP contribution >= 0.6 is 23.2 Å². The summed E-state index contributed by atoms with van der Waals surface area (Å²) in [6.07, 6.45) is 2.16. The van der Waals surface area contributed by atoms with Crippen molar-refractivity contribution in [2.75, 3.05) is 13.1 Å². The van der Waals surface area contributed by atoms with E-state index in [0.29, 0.717) is 10.0 Å². The molecule has 1 aliphatic rings. The zero-order chi connectivity index (χ0) is 13.8. The Morgan fingerprint density at radius 1 is 1.42 bits per heavy atom. The predicted octanol–water partition coefficient (Wildman–Crippen LogP) is 3.09. The molecule has 1 N–H and O–H groups in total. The molecule has 1 aromatic carbocycles. The monoisotopic (exact) mass is 300 g/mol. The summed E-state index contributed by atoms with van der Waals surface area (Å²) in [5.74, 6) is 0.0430. The van der Waals surface area contributed by atoms with E-state index in [1.165, 1.54) is 0 Å². The van der Waals surface area contributed by atoms with Crippen LogP contribution in [-0.4, -0.2) is 29.9 Å². The summed E-state index contributed by atoms with van der Waals surface area (Å²) in [4.78, 5) is 13.4. The van der Waals surface area contributed by atoms with Crippen molar-refractivity contribution in [3.05, 3.63) is 33.8 Å². The van der Waals surface area contributed by atoms with Crippen LogP contribution in [-0.2, 0) is 11.3 Å². The molecule has 0 aliphatic carbocycles. The molecule has 3 nitrogen and oxygen atoms in total. The lowest BCUT2D eigenvalue weighted by Crippen LogP contribution is -2.46. The van der Waals surface area contributed by atoms with Crippen molar-refractivity contribution in [3.63, 3.8) is 0 Å². The van der Waals surface area contributed by atoms with Crippen LogP contribution in [0.3, 0.4) is 0 Å². The Morgan fingerprint density at radius 3 is 2.89 bits per heavy atom. The van der Waals surface area contributed by atoms with E-state index in [1.807, 2.05) is 18.2 Å². The number of hydrogen-bond donors (Lipinski definition) is 1. The van der Waals surface area contributed by atoms with E-state index in [-0.39, 0.29) is 11.9 Å². The van der Waals surface area contributed by atoms with E-state index in [0.717, 1.165) is 38.0 Å². The summed E-state index contributed by atoms with van der Waals surface area (Å²) in [5.41, 5.74) is 1.15. The Hall–Kier alpha value is -0.770. The molecule has 1 atom stereocenters. The minimum atomic E-state index is 0.0430. The van der Waals surface area contributed by atoms with Crippen molar-refractivity contribution in [2.24, 2.45) is 0 Å². The Balaban J connectivity index is 1.94. The minimum Gasteiger partial charge on any atom is -0.352 e. The molecule has 0 radical (unpaired) electrons. The molecule has 2 rings (SSSR count). The van der Waals surface area contributed by atoms with Crippen LogP contribution in [0.25, 0.3) is 0 Å². The molecule has 0 aromatic heterocycles. The van der Waals surface area contributed by atoms with Gasteiger partial charge >= 0.3 is 0 Å². The first-order valence-corrected chi connectivity index (χ1v) is 7.23. The number of halogens is 2. The molecule has 0 spiro atoms. The first-order valence-electron chi connectivity index (χ1n) is 6.48. The van der Waals surface area contributed by atoms with E-state index in [4.69, 9.17) is 23.2 Å². The molecule has 0 saturated carbocycles. The highest BCUT2D eigenvalue weighted by atomic mass is 35.5. The van der Waals surface area contributed by atoms with Crippen molar-refractivity contribution in [2.45, 2.75) is 32.4 Å². The van der Waals surface area contributed by atoms with Gasteiger partial charge in [-0.05, 0) is 37.1 Å². The highest BCUT2D eigenvalue weighted by Crippen LogP contribution is 2.24. The van der Waals surface area contributed by atoms with Gasteiger partial charge in [0.05, 0.1) is 10.0 Å². The summed E-state index contributed by atoms with van der Waals surface area (Å²) in [7, 11) is 0. The van der Waals surface area contributed by atoms with Crippen molar-refractivity contribution >= 4 is 29.1 Å². The SMILES string of the molecule is CC(=O)NC1CCCN(Cc2ccc(Cl)c(Cl)c2)C1. The molecular formula is C14H18Cl2N2O.